The van der Waals surface area contributed by atoms with Crippen LogP contribution < -0.4 is 14.4 Å². The van der Waals surface area contributed by atoms with Gasteiger partial charge in [-0.05, 0) is 67.1 Å². The van der Waals surface area contributed by atoms with Gasteiger partial charge in [-0.3, -0.25) is 9.10 Å². The van der Waals surface area contributed by atoms with Gasteiger partial charge in [0.1, 0.15) is 17.2 Å². The summed E-state index contributed by atoms with van der Waals surface area (Å²) < 4.78 is 33.5. The van der Waals surface area contributed by atoms with Crippen molar-refractivity contribution in [1.82, 2.24) is 0 Å². The first-order chi connectivity index (χ1) is 15.1. The molecule has 0 bridgehead atoms. The molecule has 3 rings (SSSR count). The van der Waals surface area contributed by atoms with Gasteiger partial charge in [0.2, 0.25) is 5.91 Å². The Morgan fingerprint density at radius 3 is 2.25 bits per heavy atom. The van der Waals surface area contributed by atoms with Crippen LogP contribution in [-0.4, -0.2) is 28.0 Å². The maximum absolute atomic E-state index is 13.6. The molecule has 0 aliphatic carbocycles. The van der Waals surface area contributed by atoms with Crippen LogP contribution in [0.1, 0.15) is 5.56 Å². The van der Waals surface area contributed by atoms with E-state index in [1.807, 2.05) is 0 Å². The van der Waals surface area contributed by atoms with Crippen LogP contribution in [0.3, 0.4) is 0 Å². The van der Waals surface area contributed by atoms with Crippen LogP contribution in [0, 0.1) is 6.92 Å². The summed E-state index contributed by atoms with van der Waals surface area (Å²) in [5.74, 6) is -0.435. The van der Waals surface area contributed by atoms with E-state index in [1.54, 1.807) is 37.3 Å². The van der Waals surface area contributed by atoms with E-state index in [0.717, 1.165) is 9.87 Å². The molecule has 0 heterocycles. The molecular weight excluding hydrogens is 495 g/mol. The van der Waals surface area contributed by atoms with Gasteiger partial charge in [-0.25, -0.2) is 8.42 Å². The highest BCUT2D eigenvalue weighted by Crippen LogP contribution is 2.32. The molecule has 0 aliphatic heterocycles. The Bertz CT molecular complexity index is 1250. The minimum absolute atomic E-state index is 0.0627. The topological polar surface area (TPSA) is 75.7 Å². The third kappa shape index (κ3) is 5.48. The molecule has 0 aliphatic rings. The van der Waals surface area contributed by atoms with E-state index in [9.17, 15) is 13.2 Å². The Morgan fingerprint density at radius 1 is 0.969 bits per heavy atom. The number of carbonyl (C=O) groups excluding carboxylic acids is 1. The molecule has 1 amide bonds. The molecular formula is C22H19Cl3N2O4S. The van der Waals surface area contributed by atoms with Gasteiger partial charge in [0, 0.05) is 10.0 Å². The van der Waals surface area contributed by atoms with E-state index < -0.39 is 22.5 Å². The van der Waals surface area contributed by atoms with Crippen molar-refractivity contribution in [3.05, 3.63) is 81.3 Å². The monoisotopic (exact) mass is 512 g/mol. The summed E-state index contributed by atoms with van der Waals surface area (Å²) in [6.45, 7) is 1.25. The van der Waals surface area contributed by atoms with Crippen LogP contribution in [0.4, 0.5) is 11.4 Å². The minimum Gasteiger partial charge on any atom is -0.495 e. The number of carbonyl (C=O) groups is 1. The number of rotatable bonds is 7. The summed E-state index contributed by atoms with van der Waals surface area (Å²) in [5, 5.41) is 3.68. The second-order valence-electron chi connectivity index (χ2n) is 6.81. The van der Waals surface area contributed by atoms with Crippen molar-refractivity contribution in [3.8, 4) is 5.75 Å². The Morgan fingerprint density at radius 2 is 1.62 bits per heavy atom. The van der Waals surface area contributed by atoms with Crippen molar-refractivity contribution < 1.29 is 17.9 Å². The molecule has 6 nitrogen and oxygen atoms in total. The summed E-state index contributed by atoms with van der Waals surface area (Å²) in [6, 6.07) is 15.5. The number of nitrogens with zero attached hydrogens (tertiary/aromatic N) is 1. The number of hydrogen-bond acceptors (Lipinski definition) is 4. The summed E-state index contributed by atoms with van der Waals surface area (Å²) in [5.41, 5.74) is 1.29. The zero-order valence-electron chi connectivity index (χ0n) is 17.1. The van der Waals surface area contributed by atoms with Gasteiger partial charge in [0.15, 0.2) is 0 Å². The molecule has 32 heavy (non-hydrogen) atoms. The average Bonchev–Trinajstić information content (AvgIpc) is 2.74. The number of sulfonamides is 1. The standard InChI is InChI=1S/C22H19Cl3N2O4S/c1-14-3-10-20(31-2)21(11-14)32(29,30)27(17-7-4-15(23)5-8-17)13-22(28)26-19-9-6-16(24)12-18(19)25/h3-12H,13H2,1-2H3,(H,26,28). The Balaban J connectivity index is 2.02. The van der Waals surface area contributed by atoms with Gasteiger partial charge in [-0.15, -0.1) is 0 Å². The maximum Gasteiger partial charge on any atom is 0.268 e. The number of methoxy groups -OCH3 is 1. The number of ether oxygens (including phenoxy) is 1. The highest BCUT2D eigenvalue weighted by atomic mass is 35.5. The zero-order valence-corrected chi connectivity index (χ0v) is 20.2. The summed E-state index contributed by atoms with van der Waals surface area (Å²) >= 11 is 18.0. The van der Waals surface area contributed by atoms with Crippen LogP contribution in [0.5, 0.6) is 5.75 Å². The molecule has 0 aromatic heterocycles. The van der Waals surface area contributed by atoms with Crippen LogP contribution in [0.25, 0.3) is 0 Å². The minimum atomic E-state index is -4.19. The van der Waals surface area contributed by atoms with Crippen molar-refractivity contribution in [3.63, 3.8) is 0 Å². The SMILES string of the molecule is COc1ccc(C)cc1S(=O)(=O)N(CC(=O)Nc1ccc(Cl)cc1Cl)c1ccc(Cl)cc1. The van der Waals surface area contributed by atoms with Gasteiger partial charge < -0.3 is 10.1 Å². The quantitative estimate of drug-likeness (QED) is 0.433. The molecule has 0 spiro atoms. The number of amides is 1. The summed E-state index contributed by atoms with van der Waals surface area (Å²) in [6.07, 6.45) is 0. The number of hydrogen-bond donors (Lipinski definition) is 1. The fourth-order valence-corrected chi connectivity index (χ4v) is 5.18. The first-order valence-corrected chi connectivity index (χ1v) is 11.9. The normalized spacial score (nSPS) is 11.2. The predicted molar refractivity (Wildman–Crippen MR) is 129 cm³/mol. The highest BCUT2D eigenvalue weighted by Gasteiger charge is 2.30. The number of nitrogens with one attached hydrogen (secondary N) is 1. The fraction of sp³-hybridized carbons (Fsp3) is 0.136. The third-order valence-corrected chi connectivity index (χ3v) is 7.09. The van der Waals surface area contributed by atoms with Crippen LogP contribution in [0.2, 0.25) is 15.1 Å². The molecule has 0 fully saturated rings. The van der Waals surface area contributed by atoms with Gasteiger partial charge in [0.25, 0.3) is 10.0 Å². The molecule has 10 heteroatoms. The fourth-order valence-electron chi connectivity index (χ4n) is 2.94. The Hall–Kier alpha value is -2.45. The smallest absolute Gasteiger partial charge is 0.268 e. The van der Waals surface area contributed by atoms with E-state index in [1.165, 1.54) is 37.4 Å². The van der Waals surface area contributed by atoms with Crippen LogP contribution >= 0.6 is 34.8 Å². The van der Waals surface area contributed by atoms with E-state index in [-0.39, 0.29) is 21.4 Å². The van der Waals surface area contributed by atoms with Crippen LogP contribution in [0.15, 0.2) is 65.6 Å². The lowest BCUT2D eigenvalue weighted by atomic mass is 10.2. The zero-order chi connectivity index (χ0) is 23.5. The lowest BCUT2D eigenvalue weighted by molar-refractivity contribution is -0.114. The maximum atomic E-state index is 13.6. The Labute approximate surface area is 201 Å². The van der Waals surface area contributed by atoms with Crippen molar-refractivity contribution in [1.29, 1.82) is 0 Å². The van der Waals surface area contributed by atoms with E-state index >= 15 is 0 Å². The third-order valence-electron chi connectivity index (χ3n) is 4.49. The molecule has 1 N–H and O–H groups in total. The highest BCUT2D eigenvalue weighted by molar-refractivity contribution is 7.93. The molecule has 0 saturated carbocycles. The lowest BCUT2D eigenvalue weighted by Gasteiger charge is -2.25. The van der Waals surface area contributed by atoms with E-state index in [0.29, 0.717) is 15.7 Å². The largest absolute Gasteiger partial charge is 0.495 e. The number of benzene rings is 3. The second kappa shape index (κ2) is 10.0. The molecule has 0 unspecified atom stereocenters. The molecule has 0 atom stereocenters. The number of anilines is 2. The number of aryl methyl sites for hydroxylation is 1. The van der Waals surface area contributed by atoms with E-state index in [4.69, 9.17) is 39.5 Å². The molecule has 168 valence electrons. The second-order valence-corrected chi connectivity index (χ2v) is 9.93. The van der Waals surface area contributed by atoms with Gasteiger partial charge in [-0.1, -0.05) is 40.9 Å². The molecule has 0 radical (unpaired) electrons. The first-order valence-electron chi connectivity index (χ1n) is 9.29. The van der Waals surface area contributed by atoms with Crippen molar-refractivity contribution >= 4 is 62.1 Å². The lowest BCUT2D eigenvalue weighted by Crippen LogP contribution is -2.38. The number of halogens is 3. The van der Waals surface area contributed by atoms with Gasteiger partial charge in [-0.2, -0.15) is 0 Å². The van der Waals surface area contributed by atoms with Crippen molar-refractivity contribution in [2.45, 2.75) is 11.8 Å². The molecule has 0 saturated heterocycles. The van der Waals surface area contributed by atoms with Crippen molar-refractivity contribution in [2.24, 2.45) is 0 Å². The van der Waals surface area contributed by atoms with Crippen LogP contribution in [-0.2, 0) is 14.8 Å². The van der Waals surface area contributed by atoms with Crippen molar-refractivity contribution in [2.75, 3.05) is 23.3 Å². The van der Waals surface area contributed by atoms with Gasteiger partial charge in [0.05, 0.1) is 23.5 Å². The predicted octanol–water partition coefficient (Wildman–Crippen LogP) is 5.80. The summed E-state index contributed by atoms with van der Waals surface area (Å²) in [4.78, 5) is 12.8. The molecule has 3 aromatic carbocycles. The molecule has 3 aromatic rings. The Kier molecular flexibility index (Phi) is 7.56. The average molecular weight is 514 g/mol. The van der Waals surface area contributed by atoms with E-state index in [2.05, 4.69) is 5.32 Å². The first kappa shape index (κ1) is 24.2. The van der Waals surface area contributed by atoms with Gasteiger partial charge >= 0.3 is 0 Å². The summed E-state index contributed by atoms with van der Waals surface area (Å²) in [7, 11) is -2.81.